The Kier molecular flexibility index (Phi) is 4.48. The van der Waals surface area contributed by atoms with Crippen molar-refractivity contribution in [3.05, 3.63) is 11.8 Å². The van der Waals surface area contributed by atoms with E-state index in [1.54, 1.807) is 0 Å². The quantitative estimate of drug-likeness (QED) is 0.641. The smallest absolute Gasteiger partial charge is 0.344 e. The van der Waals surface area contributed by atoms with Gasteiger partial charge in [-0.3, -0.25) is 0 Å². The zero-order valence-electron chi connectivity index (χ0n) is 11.6. The van der Waals surface area contributed by atoms with Gasteiger partial charge in [0.2, 0.25) is 0 Å². The first-order valence-corrected chi connectivity index (χ1v) is 8.06. The molecule has 0 spiro atoms. The van der Waals surface area contributed by atoms with E-state index in [9.17, 15) is 9.66 Å². The Morgan fingerprint density at radius 1 is 1.55 bits per heavy atom. The topological polar surface area (TPSA) is 105 Å². The molecule has 0 bridgehead atoms. The Morgan fingerprint density at radius 3 is 2.75 bits per heavy atom. The number of hydrogen-bond acceptors (Lipinski definition) is 6. The van der Waals surface area contributed by atoms with Gasteiger partial charge in [-0.2, -0.15) is 15.2 Å². The molecule has 2 N–H and O–H groups in total. The highest BCUT2D eigenvalue weighted by atomic mass is 32.2. The first-order chi connectivity index (χ1) is 9.41. The summed E-state index contributed by atoms with van der Waals surface area (Å²) >= 11 is -1.28. The Balaban J connectivity index is 2.12. The van der Waals surface area contributed by atoms with Crippen molar-refractivity contribution in [1.29, 1.82) is 5.26 Å². The number of aliphatic hydroxyl groups is 1. The van der Waals surface area contributed by atoms with Crippen molar-refractivity contribution in [2.75, 3.05) is 11.6 Å². The second-order valence-corrected chi connectivity index (χ2v) is 6.67. The van der Waals surface area contributed by atoms with Gasteiger partial charge in [-0.25, -0.2) is 0 Å². The number of nitrogens with one attached hydrogen (secondary N) is 1. The Hall–Kier alpha value is -1.36. The fourth-order valence-corrected chi connectivity index (χ4v) is 2.69. The van der Waals surface area contributed by atoms with Crippen molar-refractivity contribution >= 4 is 17.0 Å². The first-order valence-electron chi connectivity index (χ1n) is 6.51. The summed E-state index contributed by atoms with van der Waals surface area (Å²) in [5.41, 5.74) is -0.255. The maximum Gasteiger partial charge on any atom is 0.344 e. The lowest BCUT2D eigenvalue weighted by atomic mass is 9.83. The molecule has 1 heterocycles. The molecule has 1 aromatic rings. The largest absolute Gasteiger partial charge is 0.609 e. The van der Waals surface area contributed by atoms with Crippen LogP contribution in [0.25, 0.3) is 0 Å². The Bertz CT molecular complexity index is 518. The van der Waals surface area contributed by atoms with Crippen molar-refractivity contribution in [2.45, 2.75) is 49.4 Å². The summed E-state index contributed by atoms with van der Waals surface area (Å²) in [7, 11) is 0. The van der Waals surface area contributed by atoms with Crippen molar-refractivity contribution in [3.8, 4) is 6.07 Å². The number of hydrogen-bond donors (Lipinski definition) is 2. The van der Waals surface area contributed by atoms with Gasteiger partial charge >= 0.3 is 5.16 Å². The average molecular weight is 294 g/mol. The molecule has 0 aromatic carbocycles. The van der Waals surface area contributed by atoms with Gasteiger partial charge in [-0.15, -0.1) is 0 Å². The first kappa shape index (κ1) is 15.0. The second kappa shape index (κ2) is 5.95. The van der Waals surface area contributed by atoms with E-state index in [0.29, 0.717) is 24.2 Å². The average Bonchev–Trinajstić information content (AvgIpc) is 2.41. The lowest BCUT2D eigenvalue weighted by Crippen LogP contribution is -2.36. The molecule has 1 atom stereocenters. The van der Waals surface area contributed by atoms with Crippen molar-refractivity contribution in [1.82, 2.24) is 9.97 Å². The van der Waals surface area contributed by atoms with Gasteiger partial charge in [0.15, 0.2) is 5.82 Å². The standard InChI is InChI=1S/C13H18N4O2S/c1-13(18)5-3-10(4-6-13)16-11-9(7-14)8-15-12(17-11)20(2)19/h8,10,18H,3-6H2,1-2H3,(H,15,16,17). The van der Waals surface area contributed by atoms with Gasteiger partial charge in [0.1, 0.15) is 17.9 Å². The number of aromatic nitrogens is 2. The van der Waals surface area contributed by atoms with Gasteiger partial charge in [0.05, 0.1) is 11.8 Å². The SMILES string of the molecule is C[S+]([O-])c1ncc(C#N)c(NC2CCC(C)(O)CC2)n1. The molecule has 1 unspecified atom stereocenters. The minimum absolute atomic E-state index is 0.162. The van der Waals surface area contributed by atoms with E-state index in [1.165, 1.54) is 12.5 Å². The maximum atomic E-state index is 11.4. The van der Waals surface area contributed by atoms with Gasteiger partial charge < -0.3 is 15.0 Å². The summed E-state index contributed by atoms with van der Waals surface area (Å²) in [6, 6.07) is 2.19. The van der Waals surface area contributed by atoms with Crippen LogP contribution in [0.4, 0.5) is 5.82 Å². The number of nitrogens with zero attached hydrogens (tertiary/aromatic N) is 3. The molecule has 108 valence electrons. The molecule has 0 radical (unpaired) electrons. The lowest BCUT2D eigenvalue weighted by Gasteiger charge is -2.33. The van der Waals surface area contributed by atoms with Gasteiger partial charge in [0.25, 0.3) is 0 Å². The predicted octanol–water partition coefficient (Wildman–Crippen LogP) is 1.19. The van der Waals surface area contributed by atoms with Crippen molar-refractivity contribution < 1.29 is 9.66 Å². The zero-order chi connectivity index (χ0) is 14.8. The van der Waals surface area contributed by atoms with E-state index in [0.717, 1.165) is 12.8 Å². The summed E-state index contributed by atoms with van der Waals surface area (Å²) < 4.78 is 11.4. The predicted molar refractivity (Wildman–Crippen MR) is 75.6 cm³/mol. The minimum Gasteiger partial charge on any atom is -0.609 e. The number of rotatable bonds is 3. The number of anilines is 1. The molecule has 7 heteroatoms. The summed E-state index contributed by atoms with van der Waals surface area (Å²) in [5.74, 6) is 0.430. The normalized spacial score (nSPS) is 27.6. The summed E-state index contributed by atoms with van der Waals surface area (Å²) in [4.78, 5) is 8.08. The molecule has 6 nitrogen and oxygen atoms in total. The lowest BCUT2D eigenvalue weighted by molar-refractivity contribution is 0.0196. The van der Waals surface area contributed by atoms with Crippen LogP contribution >= 0.6 is 0 Å². The van der Waals surface area contributed by atoms with Crippen molar-refractivity contribution in [2.24, 2.45) is 0 Å². The van der Waals surface area contributed by atoms with Crippen LogP contribution in [0.5, 0.6) is 0 Å². The highest BCUT2D eigenvalue weighted by Crippen LogP contribution is 2.29. The fraction of sp³-hybridized carbons (Fsp3) is 0.615. The van der Waals surface area contributed by atoms with Gasteiger partial charge in [0, 0.05) is 17.2 Å². The molecular weight excluding hydrogens is 276 g/mol. The summed E-state index contributed by atoms with van der Waals surface area (Å²) in [6.07, 6.45) is 5.95. The molecule has 20 heavy (non-hydrogen) atoms. The highest BCUT2D eigenvalue weighted by Gasteiger charge is 2.29. The molecule has 0 saturated heterocycles. The van der Waals surface area contributed by atoms with E-state index in [1.807, 2.05) is 13.0 Å². The molecule has 2 rings (SSSR count). The van der Waals surface area contributed by atoms with Crippen LogP contribution in [0.3, 0.4) is 0 Å². The molecule has 1 aliphatic rings. The van der Waals surface area contributed by atoms with E-state index < -0.39 is 16.8 Å². The fourth-order valence-electron chi connectivity index (χ4n) is 2.27. The van der Waals surface area contributed by atoms with E-state index in [-0.39, 0.29) is 11.2 Å². The van der Waals surface area contributed by atoms with Crippen LogP contribution in [0.1, 0.15) is 38.2 Å². The maximum absolute atomic E-state index is 11.4. The van der Waals surface area contributed by atoms with E-state index in [4.69, 9.17) is 5.26 Å². The molecule has 0 amide bonds. The molecule has 0 aliphatic heterocycles. The number of nitriles is 1. The molecule has 1 saturated carbocycles. The highest BCUT2D eigenvalue weighted by molar-refractivity contribution is 7.90. The van der Waals surface area contributed by atoms with Gasteiger partial charge in [-0.05, 0) is 32.6 Å². The zero-order valence-corrected chi connectivity index (χ0v) is 12.4. The minimum atomic E-state index is -1.28. The van der Waals surface area contributed by atoms with Crippen LogP contribution in [0, 0.1) is 11.3 Å². The van der Waals surface area contributed by atoms with Crippen LogP contribution in [-0.4, -0.2) is 37.5 Å². The second-order valence-electron chi connectivity index (χ2n) is 5.40. The third kappa shape index (κ3) is 3.60. The van der Waals surface area contributed by atoms with Crippen LogP contribution in [0.2, 0.25) is 0 Å². The third-order valence-electron chi connectivity index (χ3n) is 3.55. The molecular formula is C13H18N4O2S. The van der Waals surface area contributed by atoms with Crippen LogP contribution in [0.15, 0.2) is 11.4 Å². The molecule has 1 fully saturated rings. The van der Waals surface area contributed by atoms with Gasteiger partial charge in [-0.1, -0.05) is 0 Å². The van der Waals surface area contributed by atoms with E-state index in [2.05, 4.69) is 15.3 Å². The Labute approximate surface area is 121 Å². The van der Waals surface area contributed by atoms with E-state index >= 15 is 0 Å². The Morgan fingerprint density at radius 2 is 2.20 bits per heavy atom. The summed E-state index contributed by atoms with van der Waals surface area (Å²) in [5, 5.41) is 22.4. The van der Waals surface area contributed by atoms with Crippen LogP contribution < -0.4 is 5.32 Å². The molecule has 1 aromatic heterocycles. The monoisotopic (exact) mass is 294 g/mol. The summed E-state index contributed by atoms with van der Waals surface area (Å²) in [6.45, 7) is 1.84. The molecule has 1 aliphatic carbocycles. The third-order valence-corrected chi connectivity index (χ3v) is 4.26. The van der Waals surface area contributed by atoms with Crippen LogP contribution in [-0.2, 0) is 11.2 Å². The van der Waals surface area contributed by atoms with Crippen molar-refractivity contribution in [3.63, 3.8) is 0 Å².